The molecule has 0 saturated heterocycles. The molecule has 1 aromatic heterocycles. The summed E-state index contributed by atoms with van der Waals surface area (Å²) in [4.78, 5) is 5.29. The van der Waals surface area contributed by atoms with E-state index in [1.54, 1.807) is 0 Å². The monoisotopic (exact) mass is 560 g/mol. The maximum atomic E-state index is 5.29. The van der Waals surface area contributed by atoms with Crippen molar-refractivity contribution in [2.75, 3.05) is 5.32 Å². The number of benzene rings is 7. The van der Waals surface area contributed by atoms with E-state index in [1.807, 2.05) is 0 Å². The second-order valence-electron chi connectivity index (χ2n) is 11.7. The van der Waals surface area contributed by atoms with Gasteiger partial charge in [-0.25, -0.2) is 4.98 Å². The van der Waals surface area contributed by atoms with Gasteiger partial charge in [-0.3, -0.25) is 0 Å². The zero-order valence-electron chi connectivity index (χ0n) is 24.3. The fourth-order valence-corrected chi connectivity index (χ4v) is 7.03. The lowest BCUT2D eigenvalue weighted by atomic mass is 9.88. The van der Waals surface area contributed by atoms with Gasteiger partial charge < -0.3 is 5.32 Å². The van der Waals surface area contributed by atoms with Crippen molar-refractivity contribution in [2.45, 2.75) is 6.92 Å². The molecule has 206 valence electrons. The Hall–Kier alpha value is -5.73. The third-order valence-corrected chi connectivity index (χ3v) is 9.21. The molecule has 0 fully saturated rings. The Morgan fingerprint density at radius 2 is 0.977 bits per heavy atom. The second-order valence-corrected chi connectivity index (χ2v) is 11.7. The Morgan fingerprint density at radius 1 is 0.409 bits per heavy atom. The summed E-state index contributed by atoms with van der Waals surface area (Å²) < 4.78 is 0. The molecular formula is C42H28N2. The minimum absolute atomic E-state index is 0.977. The largest absolute Gasteiger partial charge is 0.354 e. The first-order valence-corrected chi connectivity index (χ1v) is 15.1. The van der Waals surface area contributed by atoms with Gasteiger partial charge in [0.05, 0.1) is 11.2 Å². The van der Waals surface area contributed by atoms with Gasteiger partial charge in [0.1, 0.15) is 0 Å². The highest BCUT2D eigenvalue weighted by molar-refractivity contribution is 6.24. The van der Waals surface area contributed by atoms with Crippen LogP contribution in [0.1, 0.15) is 5.56 Å². The molecule has 7 aromatic carbocycles. The van der Waals surface area contributed by atoms with Crippen molar-refractivity contribution in [1.29, 1.82) is 0 Å². The Balaban J connectivity index is 1.18. The van der Waals surface area contributed by atoms with E-state index >= 15 is 0 Å². The third kappa shape index (κ3) is 3.78. The van der Waals surface area contributed by atoms with E-state index in [9.17, 15) is 0 Å². The number of para-hydroxylation sites is 1. The van der Waals surface area contributed by atoms with E-state index in [-0.39, 0.29) is 0 Å². The van der Waals surface area contributed by atoms with Crippen LogP contribution in [-0.4, -0.2) is 4.98 Å². The van der Waals surface area contributed by atoms with Crippen molar-refractivity contribution in [3.63, 3.8) is 0 Å². The standard InChI is InChI=1S/C42H28N2/c1-26-30-17-9-18-31(26)36-21-20-28(25-41(36)43-40-19-7-6-15-35(30)40)27-10-8-11-29(24-27)39-23-22-38-34-14-3-2-12-32(34)33-13-4-5-16-37(33)42(38)44-39/h2-25,43H,1H3. The first-order chi connectivity index (χ1) is 21.7. The Labute approximate surface area is 256 Å². The highest BCUT2D eigenvalue weighted by Crippen LogP contribution is 2.44. The molecule has 0 radical (unpaired) electrons. The van der Waals surface area contributed by atoms with E-state index in [2.05, 4.69) is 158 Å². The van der Waals surface area contributed by atoms with Gasteiger partial charge in [-0.1, -0.05) is 115 Å². The van der Waals surface area contributed by atoms with Gasteiger partial charge in [-0.05, 0) is 81.2 Å². The topological polar surface area (TPSA) is 24.9 Å². The molecule has 2 heterocycles. The average molecular weight is 561 g/mol. The number of nitrogens with one attached hydrogen (secondary N) is 1. The number of rotatable bonds is 2. The first kappa shape index (κ1) is 24.8. The number of hydrogen-bond acceptors (Lipinski definition) is 2. The number of hydrogen-bond donors (Lipinski definition) is 1. The predicted octanol–water partition coefficient (Wildman–Crippen LogP) is 11.6. The molecule has 2 heteroatoms. The molecule has 0 unspecified atom stereocenters. The van der Waals surface area contributed by atoms with Crippen LogP contribution in [0.15, 0.2) is 146 Å². The van der Waals surface area contributed by atoms with Crippen LogP contribution in [0.25, 0.3) is 77.1 Å². The average Bonchev–Trinajstić information content (AvgIpc) is 3.09. The summed E-state index contributed by atoms with van der Waals surface area (Å²) in [6, 6.07) is 52.4. The van der Waals surface area contributed by atoms with Crippen molar-refractivity contribution in [2.24, 2.45) is 0 Å². The SMILES string of the molecule is Cc1c2cccc1-c1ccc(-c3cccc(-c4ccc5c6ccccc6c6ccccc6c5n4)c3)cc1Nc1ccccc1-2. The van der Waals surface area contributed by atoms with Gasteiger partial charge in [0.2, 0.25) is 0 Å². The highest BCUT2D eigenvalue weighted by Gasteiger charge is 2.19. The molecule has 0 spiro atoms. The summed E-state index contributed by atoms with van der Waals surface area (Å²) in [6.07, 6.45) is 0. The van der Waals surface area contributed by atoms with Crippen LogP contribution in [0.3, 0.4) is 0 Å². The number of pyridine rings is 1. The maximum Gasteiger partial charge on any atom is 0.0794 e. The molecule has 1 aliphatic rings. The summed E-state index contributed by atoms with van der Waals surface area (Å²) in [5, 5.41) is 9.90. The van der Waals surface area contributed by atoms with E-state index in [0.717, 1.165) is 33.7 Å². The lowest BCUT2D eigenvalue weighted by Gasteiger charge is -2.23. The minimum Gasteiger partial charge on any atom is -0.354 e. The first-order valence-electron chi connectivity index (χ1n) is 15.1. The van der Waals surface area contributed by atoms with Crippen LogP contribution in [0.5, 0.6) is 0 Å². The van der Waals surface area contributed by atoms with Gasteiger partial charge in [0.25, 0.3) is 0 Å². The van der Waals surface area contributed by atoms with Crippen molar-refractivity contribution >= 4 is 43.8 Å². The summed E-state index contributed by atoms with van der Waals surface area (Å²) in [6.45, 7) is 2.23. The predicted molar refractivity (Wildman–Crippen MR) is 187 cm³/mol. The maximum absolute atomic E-state index is 5.29. The Kier molecular flexibility index (Phi) is 5.45. The van der Waals surface area contributed by atoms with Crippen molar-refractivity contribution < 1.29 is 0 Å². The molecule has 8 aromatic rings. The molecule has 0 amide bonds. The smallest absolute Gasteiger partial charge is 0.0794 e. The summed E-state index contributed by atoms with van der Waals surface area (Å²) in [5.74, 6) is 0. The van der Waals surface area contributed by atoms with Gasteiger partial charge in [0.15, 0.2) is 0 Å². The second kappa shape index (κ2) is 9.65. The number of aromatic nitrogens is 1. The molecule has 1 N–H and O–H groups in total. The number of nitrogens with zero attached hydrogens (tertiary/aromatic N) is 1. The van der Waals surface area contributed by atoms with Crippen molar-refractivity contribution in [1.82, 2.24) is 4.98 Å². The van der Waals surface area contributed by atoms with Crippen molar-refractivity contribution in [3.8, 4) is 44.6 Å². The van der Waals surface area contributed by atoms with Gasteiger partial charge in [-0.2, -0.15) is 0 Å². The summed E-state index contributed by atoms with van der Waals surface area (Å²) >= 11 is 0. The minimum atomic E-state index is 0.977. The van der Waals surface area contributed by atoms with Gasteiger partial charge in [-0.15, -0.1) is 0 Å². The zero-order chi connectivity index (χ0) is 29.2. The van der Waals surface area contributed by atoms with Gasteiger partial charge in [0, 0.05) is 38.8 Å². The zero-order valence-corrected chi connectivity index (χ0v) is 24.3. The number of anilines is 2. The highest BCUT2D eigenvalue weighted by atomic mass is 14.9. The lowest BCUT2D eigenvalue weighted by molar-refractivity contribution is 1.41. The molecule has 44 heavy (non-hydrogen) atoms. The Bertz CT molecular complexity index is 2400. The van der Waals surface area contributed by atoms with E-state index < -0.39 is 0 Å². The van der Waals surface area contributed by atoms with Crippen molar-refractivity contribution in [3.05, 3.63) is 151 Å². The molecule has 0 atom stereocenters. The quantitative estimate of drug-likeness (QED) is 0.213. The van der Waals surface area contributed by atoms with Crippen LogP contribution in [0.2, 0.25) is 0 Å². The fourth-order valence-electron chi connectivity index (χ4n) is 7.03. The van der Waals surface area contributed by atoms with Crippen LogP contribution < -0.4 is 5.32 Å². The number of fused-ring (bicyclic) bond motifs is 12. The van der Waals surface area contributed by atoms with Crippen LogP contribution in [-0.2, 0) is 0 Å². The van der Waals surface area contributed by atoms with Crippen LogP contribution >= 0.6 is 0 Å². The molecule has 1 aliphatic heterocycles. The van der Waals surface area contributed by atoms with Gasteiger partial charge >= 0.3 is 0 Å². The third-order valence-electron chi connectivity index (χ3n) is 9.21. The Morgan fingerprint density at radius 3 is 1.77 bits per heavy atom. The van der Waals surface area contributed by atoms with E-state index in [4.69, 9.17) is 4.98 Å². The van der Waals surface area contributed by atoms with E-state index in [0.29, 0.717) is 0 Å². The molecule has 9 rings (SSSR count). The molecular weight excluding hydrogens is 532 g/mol. The normalized spacial score (nSPS) is 11.9. The van der Waals surface area contributed by atoms with Crippen LogP contribution in [0.4, 0.5) is 11.4 Å². The van der Waals surface area contributed by atoms with Crippen LogP contribution in [0, 0.1) is 6.92 Å². The fraction of sp³-hybridized carbons (Fsp3) is 0.0238. The summed E-state index contributed by atoms with van der Waals surface area (Å²) in [7, 11) is 0. The molecule has 0 saturated carbocycles. The molecule has 2 nitrogen and oxygen atoms in total. The molecule has 0 aliphatic carbocycles. The molecule has 2 bridgehead atoms. The lowest BCUT2D eigenvalue weighted by Crippen LogP contribution is -2.01. The summed E-state index contributed by atoms with van der Waals surface area (Å²) in [5.41, 5.74) is 14.0. The van der Waals surface area contributed by atoms with E-state index in [1.165, 1.54) is 60.3 Å².